The fourth-order valence-electron chi connectivity index (χ4n) is 2.06. The van der Waals surface area contributed by atoms with Gasteiger partial charge in [0.25, 0.3) is 0 Å². The fraction of sp³-hybridized carbons (Fsp3) is 0.462. The molecule has 4 nitrogen and oxygen atoms in total. The van der Waals surface area contributed by atoms with Crippen LogP contribution in [0.5, 0.6) is 0 Å². The molecule has 1 N–H and O–H groups in total. The Labute approximate surface area is 125 Å². The molecule has 0 aromatic heterocycles. The van der Waals surface area contributed by atoms with Crippen LogP contribution in [0.4, 0.5) is 4.39 Å². The molecule has 1 amide bonds. The lowest BCUT2D eigenvalue weighted by atomic mass is 10.1. The summed E-state index contributed by atoms with van der Waals surface area (Å²) in [7, 11) is -3.37. The van der Waals surface area contributed by atoms with E-state index in [4.69, 9.17) is 0 Å². The van der Waals surface area contributed by atoms with Gasteiger partial charge in [-0.2, -0.15) is 0 Å². The van der Waals surface area contributed by atoms with Crippen LogP contribution < -0.4 is 5.32 Å². The van der Waals surface area contributed by atoms with Crippen molar-refractivity contribution in [3.63, 3.8) is 0 Å². The molecule has 1 saturated carbocycles. The molecule has 0 atom stereocenters. The summed E-state index contributed by atoms with van der Waals surface area (Å²) in [4.78, 5) is 11.9. The van der Waals surface area contributed by atoms with Gasteiger partial charge in [-0.05, 0) is 52.9 Å². The van der Waals surface area contributed by atoms with Crippen LogP contribution in [-0.2, 0) is 21.1 Å². The highest BCUT2D eigenvalue weighted by Gasteiger charge is 2.58. The molecular formula is C13H15BrFNO3S. The highest BCUT2D eigenvalue weighted by atomic mass is 79.9. The summed E-state index contributed by atoms with van der Waals surface area (Å²) in [6, 6.07) is 4.63. The van der Waals surface area contributed by atoms with Gasteiger partial charge in [0.05, 0.1) is 4.47 Å². The van der Waals surface area contributed by atoms with Gasteiger partial charge < -0.3 is 5.32 Å². The number of nitrogens with one attached hydrogen (secondary N) is 1. The minimum atomic E-state index is -3.37. The summed E-state index contributed by atoms with van der Waals surface area (Å²) in [6.45, 7) is 0.328. The third-order valence-corrected chi connectivity index (χ3v) is 6.13. The predicted octanol–water partition coefficient (Wildman–Crippen LogP) is 1.82. The number of rotatable bonds is 5. The van der Waals surface area contributed by atoms with Crippen molar-refractivity contribution < 1.29 is 17.6 Å². The van der Waals surface area contributed by atoms with Crippen molar-refractivity contribution in [3.8, 4) is 0 Å². The summed E-state index contributed by atoms with van der Waals surface area (Å²) in [5, 5.41) is 2.65. The van der Waals surface area contributed by atoms with E-state index in [0.717, 1.165) is 11.8 Å². The summed E-state index contributed by atoms with van der Waals surface area (Å²) in [6.07, 6.45) is 2.39. The number of benzene rings is 1. The molecule has 0 aliphatic heterocycles. The van der Waals surface area contributed by atoms with E-state index in [-0.39, 0.29) is 5.82 Å². The molecule has 1 aromatic carbocycles. The zero-order chi connectivity index (χ0) is 15.0. The van der Waals surface area contributed by atoms with Crippen molar-refractivity contribution >= 4 is 31.7 Å². The van der Waals surface area contributed by atoms with Crippen LogP contribution in [0.1, 0.15) is 18.4 Å². The van der Waals surface area contributed by atoms with Gasteiger partial charge in [0.15, 0.2) is 14.6 Å². The van der Waals surface area contributed by atoms with E-state index < -0.39 is 20.5 Å². The van der Waals surface area contributed by atoms with Crippen LogP contribution in [-0.4, -0.2) is 31.9 Å². The highest BCUT2D eigenvalue weighted by Crippen LogP contribution is 2.43. The molecule has 1 aliphatic carbocycles. The summed E-state index contributed by atoms with van der Waals surface area (Å²) < 4.78 is 35.3. The first-order chi connectivity index (χ1) is 9.26. The van der Waals surface area contributed by atoms with Crippen molar-refractivity contribution in [3.05, 3.63) is 34.1 Å². The van der Waals surface area contributed by atoms with Crippen molar-refractivity contribution in [2.45, 2.75) is 24.0 Å². The Hall–Kier alpha value is -0.950. The van der Waals surface area contributed by atoms with Crippen molar-refractivity contribution in [1.29, 1.82) is 0 Å². The molecule has 2 rings (SSSR count). The van der Waals surface area contributed by atoms with E-state index in [1.165, 1.54) is 6.07 Å². The number of carbonyl (C=O) groups excluding carboxylic acids is 1. The smallest absolute Gasteiger partial charge is 0.241 e. The quantitative estimate of drug-likeness (QED) is 0.867. The van der Waals surface area contributed by atoms with E-state index in [2.05, 4.69) is 21.2 Å². The van der Waals surface area contributed by atoms with Crippen molar-refractivity contribution in [2.24, 2.45) is 0 Å². The highest BCUT2D eigenvalue weighted by molar-refractivity contribution is 9.10. The lowest BCUT2D eigenvalue weighted by Crippen LogP contribution is -2.42. The van der Waals surface area contributed by atoms with Crippen molar-refractivity contribution in [1.82, 2.24) is 5.32 Å². The Bertz CT molecular complexity index is 641. The Morgan fingerprint density at radius 1 is 1.45 bits per heavy atom. The second kappa shape index (κ2) is 5.44. The first-order valence-electron chi connectivity index (χ1n) is 6.18. The molecule has 7 heteroatoms. The Morgan fingerprint density at radius 3 is 2.60 bits per heavy atom. The Balaban J connectivity index is 1.91. The Kier molecular flexibility index (Phi) is 4.20. The first kappa shape index (κ1) is 15.4. The fourth-order valence-corrected chi connectivity index (χ4v) is 3.74. The average Bonchev–Trinajstić information content (AvgIpc) is 3.14. The first-order valence-corrected chi connectivity index (χ1v) is 8.86. The molecule has 0 bridgehead atoms. The van der Waals surface area contributed by atoms with Crippen LogP contribution in [0.15, 0.2) is 22.7 Å². The van der Waals surface area contributed by atoms with Crippen molar-refractivity contribution in [2.75, 3.05) is 12.8 Å². The SMILES string of the molecule is CS(=O)(=O)C1(C(=O)NCCc2ccc(F)c(Br)c2)CC1. The van der Waals surface area contributed by atoms with E-state index in [1.807, 2.05) is 0 Å². The number of hydrogen-bond donors (Lipinski definition) is 1. The number of sulfone groups is 1. The average molecular weight is 364 g/mol. The topological polar surface area (TPSA) is 63.2 Å². The minimum Gasteiger partial charge on any atom is -0.354 e. The summed E-state index contributed by atoms with van der Waals surface area (Å²) >= 11 is 3.09. The molecule has 1 aliphatic rings. The zero-order valence-corrected chi connectivity index (χ0v) is 13.4. The van der Waals surface area contributed by atoms with E-state index in [1.54, 1.807) is 12.1 Å². The molecule has 0 saturated heterocycles. The molecule has 0 heterocycles. The van der Waals surface area contributed by atoms with E-state index in [9.17, 15) is 17.6 Å². The number of amides is 1. The van der Waals surface area contributed by atoms with Crippen LogP contribution in [0.3, 0.4) is 0 Å². The van der Waals surface area contributed by atoms with Gasteiger partial charge >= 0.3 is 0 Å². The van der Waals surface area contributed by atoms with Crippen LogP contribution in [0.2, 0.25) is 0 Å². The van der Waals surface area contributed by atoms with Crippen LogP contribution >= 0.6 is 15.9 Å². The van der Waals surface area contributed by atoms with Crippen LogP contribution in [0.25, 0.3) is 0 Å². The standard InChI is InChI=1S/C13H15BrFNO3S/c1-20(18,19)13(5-6-13)12(17)16-7-4-9-2-3-11(15)10(14)8-9/h2-3,8H,4-7H2,1H3,(H,16,17). The van der Waals surface area contributed by atoms with Gasteiger partial charge in [0.1, 0.15) is 5.82 Å². The van der Waals surface area contributed by atoms with Gasteiger partial charge in [0, 0.05) is 12.8 Å². The van der Waals surface area contributed by atoms with E-state index >= 15 is 0 Å². The number of hydrogen-bond acceptors (Lipinski definition) is 3. The lowest BCUT2D eigenvalue weighted by molar-refractivity contribution is -0.121. The molecule has 20 heavy (non-hydrogen) atoms. The third kappa shape index (κ3) is 3.03. The van der Waals surface area contributed by atoms with E-state index in [0.29, 0.717) is 30.3 Å². The largest absolute Gasteiger partial charge is 0.354 e. The zero-order valence-electron chi connectivity index (χ0n) is 10.9. The summed E-state index contributed by atoms with van der Waals surface area (Å²) in [5.74, 6) is -0.770. The van der Waals surface area contributed by atoms with Gasteiger partial charge in [-0.3, -0.25) is 4.79 Å². The second-order valence-corrected chi connectivity index (χ2v) is 8.20. The lowest BCUT2D eigenvalue weighted by Gasteiger charge is -2.13. The minimum absolute atomic E-state index is 0.328. The maximum atomic E-state index is 13.1. The normalized spacial score (nSPS) is 16.8. The number of halogens is 2. The molecule has 0 radical (unpaired) electrons. The molecule has 110 valence electrons. The monoisotopic (exact) mass is 363 g/mol. The maximum Gasteiger partial charge on any atom is 0.241 e. The maximum absolute atomic E-state index is 13.1. The van der Waals surface area contributed by atoms with Gasteiger partial charge in [0.2, 0.25) is 5.91 Å². The molecule has 1 fully saturated rings. The van der Waals surface area contributed by atoms with Gasteiger partial charge in [-0.15, -0.1) is 0 Å². The second-order valence-electron chi connectivity index (χ2n) is 5.02. The van der Waals surface area contributed by atoms with Gasteiger partial charge in [-0.25, -0.2) is 12.8 Å². The number of carbonyl (C=O) groups is 1. The molecule has 0 spiro atoms. The van der Waals surface area contributed by atoms with Gasteiger partial charge in [-0.1, -0.05) is 6.07 Å². The third-order valence-electron chi connectivity index (χ3n) is 3.51. The Morgan fingerprint density at radius 2 is 2.10 bits per heavy atom. The molecule has 0 unspecified atom stereocenters. The predicted molar refractivity (Wildman–Crippen MR) is 77.6 cm³/mol. The summed E-state index contributed by atoms with van der Waals surface area (Å²) in [5.41, 5.74) is 0.864. The van der Waals surface area contributed by atoms with Crippen LogP contribution in [0, 0.1) is 5.82 Å². The molecule has 1 aromatic rings. The molecular weight excluding hydrogens is 349 g/mol.